The van der Waals surface area contributed by atoms with Gasteiger partial charge < -0.3 is 0 Å². The van der Waals surface area contributed by atoms with E-state index >= 15 is 0 Å². The molecule has 0 spiro atoms. The van der Waals surface area contributed by atoms with Crippen molar-refractivity contribution >= 4 is 23.2 Å². The maximum Gasteiger partial charge on any atom is 0.0685 e. The van der Waals surface area contributed by atoms with E-state index in [4.69, 9.17) is 23.2 Å². The van der Waals surface area contributed by atoms with Crippen LogP contribution in [0.4, 0.5) is 0 Å². The predicted molar refractivity (Wildman–Crippen MR) is 86.0 cm³/mol. The number of nitrogens with zero attached hydrogens (tertiary/aromatic N) is 1. The molecule has 4 heteroatoms. The molecule has 2 aromatic carbocycles. The molecule has 2 nitrogen and oxygen atoms in total. The number of aromatic amines is 1. The Morgan fingerprint density at radius 2 is 1.90 bits per heavy atom. The fraction of sp³-hybridized carbons (Fsp3) is 0.118. The van der Waals surface area contributed by atoms with Gasteiger partial charge in [-0.15, -0.1) is 0 Å². The minimum Gasteiger partial charge on any atom is -0.278 e. The molecule has 4 rings (SSSR count). The number of hydrogen-bond acceptors (Lipinski definition) is 1. The normalized spacial score (nSPS) is 16.4. The van der Waals surface area contributed by atoms with Crippen molar-refractivity contribution in [2.75, 3.05) is 0 Å². The molecule has 1 atom stereocenters. The summed E-state index contributed by atoms with van der Waals surface area (Å²) in [5, 5.41) is 8.49. The van der Waals surface area contributed by atoms with Gasteiger partial charge in [-0.3, -0.25) is 5.10 Å². The van der Waals surface area contributed by atoms with Gasteiger partial charge in [0.05, 0.1) is 21.9 Å². The molecule has 0 saturated carbocycles. The zero-order valence-electron chi connectivity index (χ0n) is 11.1. The summed E-state index contributed by atoms with van der Waals surface area (Å²) in [6.45, 7) is 0. The summed E-state index contributed by atoms with van der Waals surface area (Å²) in [5.41, 5.74) is 6.07. The Morgan fingerprint density at radius 1 is 1.05 bits per heavy atom. The van der Waals surface area contributed by atoms with Crippen LogP contribution in [0.2, 0.25) is 10.0 Å². The van der Waals surface area contributed by atoms with Crippen LogP contribution < -0.4 is 0 Å². The number of fused-ring (bicyclic) bond motifs is 3. The van der Waals surface area contributed by atoms with Gasteiger partial charge >= 0.3 is 0 Å². The molecule has 1 aliphatic rings. The zero-order chi connectivity index (χ0) is 14.4. The third kappa shape index (κ3) is 2.06. The van der Waals surface area contributed by atoms with Gasteiger partial charge in [0.25, 0.3) is 0 Å². The number of aromatic nitrogens is 2. The summed E-state index contributed by atoms with van der Waals surface area (Å²) in [6, 6.07) is 14.3. The monoisotopic (exact) mass is 314 g/mol. The van der Waals surface area contributed by atoms with E-state index in [-0.39, 0.29) is 5.92 Å². The zero-order valence-corrected chi connectivity index (χ0v) is 12.6. The summed E-state index contributed by atoms with van der Waals surface area (Å²) in [4.78, 5) is 0. The summed E-state index contributed by atoms with van der Waals surface area (Å²) in [6.07, 6.45) is 2.83. The Bertz CT molecular complexity index is 823. The molecule has 0 saturated heterocycles. The van der Waals surface area contributed by atoms with Crippen molar-refractivity contribution in [3.05, 3.63) is 75.4 Å². The van der Waals surface area contributed by atoms with E-state index in [9.17, 15) is 0 Å². The number of hydrogen-bond donors (Lipinski definition) is 1. The standard InChI is InChI=1S/C17H12Cl2N2/c18-15-6-5-10(8-16(15)19)14-7-11-9-20-21-17(11)13-4-2-1-3-12(13)14/h1-6,8-9,14H,7H2,(H,20,21). The van der Waals surface area contributed by atoms with Crippen molar-refractivity contribution < 1.29 is 0 Å². The second-order valence-corrected chi connectivity index (χ2v) is 6.10. The smallest absolute Gasteiger partial charge is 0.0685 e. The van der Waals surface area contributed by atoms with Crippen molar-refractivity contribution in [3.8, 4) is 11.3 Å². The number of benzene rings is 2. The van der Waals surface area contributed by atoms with Gasteiger partial charge in [-0.05, 0) is 35.2 Å². The molecule has 0 fully saturated rings. The second kappa shape index (κ2) is 4.90. The van der Waals surface area contributed by atoms with E-state index in [1.807, 2.05) is 18.3 Å². The van der Waals surface area contributed by atoms with Gasteiger partial charge in [0, 0.05) is 11.5 Å². The van der Waals surface area contributed by atoms with Crippen LogP contribution in [-0.4, -0.2) is 10.2 Å². The molecule has 1 aliphatic carbocycles. The highest BCUT2D eigenvalue weighted by Crippen LogP contribution is 2.42. The molecule has 1 unspecified atom stereocenters. The third-order valence-corrected chi connectivity index (χ3v) is 4.83. The summed E-state index contributed by atoms with van der Waals surface area (Å²) in [7, 11) is 0. The lowest BCUT2D eigenvalue weighted by atomic mass is 9.78. The molecule has 1 aromatic heterocycles. The van der Waals surface area contributed by atoms with Gasteiger partial charge in [-0.1, -0.05) is 53.5 Å². The lowest BCUT2D eigenvalue weighted by molar-refractivity contribution is 0.794. The van der Waals surface area contributed by atoms with Gasteiger partial charge in [-0.25, -0.2) is 0 Å². The van der Waals surface area contributed by atoms with E-state index in [1.165, 1.54) is 22.3 Å². The minimum atomic E-state index is 0.279. The van der Waals surface area contributed by atoms with Gasteiger partial charge in [0.1, 0.15) is 0 Å². The highest BCUT2D eigenvalue weighted by atomic mass is 35.5. The molecule has 1 heterocycles. The molecule has 1 N–H and O–H groups in total. The largest absolute Gasteiger partial charge is 0.278 e. The quantitative estimate of drug-likeness (QED) is 0.667. The fourth-order valence-corrected chi connectivity index (χ4v) is 3.39. The number of nitrogens with one attached hydrogen (secondary N) is 1. The Morgan fingerprint density at radius 3 is 2.76 bits per heavy atom. The first kappa shape index (κ1) is 12.9. The molecule has 3 aromatic rings. The number of H-pyrrole nitrogens is 1. The van der Waals surface area contributed by atoms with Crippen molar-refractivity contribution in [3.63, 3.8) is 0 Å². The molecular formula is C17H12Cl2N2. The Labute approximate surface area is 132 Å². The minimum absolute atomic E-state index is 0.279. The first-order valence-electron chi connectivity index (χ1n) is 6.80. The summed E-state index contributed by atoms with van der Waals surface area (Å²) >= 11 is 12.2. The summed E-state index contributed by atoms with van der Waals surface area (Å²) in [5.74, 6) is 0.279. The summed E-state index contributed by atoms with van der Waals surface area (Å²) < 4.78 is 0. The molecule has 0 aliphatic heterocycles. The van der Waals surface area contributed by atoms with E-state index in [0.717, 1.165) is 12.1 Å². The molecular weight excluding hydrogens is 303 g/mol. The van der Waals surface area contributed by atoms with Crippen LogP contribution in [0.5, 0.6) is 0 Å². The highest BCUT2D eigenvalue weighted by molar-refractivity contribution is 6.42. The first-order valence-corrected chi connectivity index (χ1v) is 7.56. The molecule has 0 amide bonds. The van der Waals surface area contributed by atoms with Crippen LogP contribution >= 0.6 is 23.2 Å². The topological polar surface area (TPSA) is 28.7 Å². The molecule has 21 heavy (non-hydrogen) atoms. The SMILES string of the molecule is Clc1ccc(C2Cc3cn[nH]c3-c3ccccc32)cc1Cl. The van der Waals surface area contributed by atoms with Crippen molar-refractivity contribution in [1.29, 1.82) is 0 Å². The lowest BCUT2D eigenvalue weighted by Crippen LogP contribution is -2.11. The highest BCUT2D eigenvalue weighted by Gasteiger charge is 2.27. The second-order valence-electron chi connectivity index (χ2n) is 5.29. The average molecular weight is 315 g/mol. The molecule has 0 bridgehead atoms. The number of rotatable bonds is 1. The molecule has 0 radical (unpaired) electrons. The maximum absolute atomic E-state index is 6.19. The third-order valence-electron chi connectivity index (χ3n) is 4.09. The predicted octanol–water partition coefficient (Wildman–Crippen LogP) is 5.07. The van der Waals surface area contributed by atoms with E-state index < -0.39 is 0 Å². The average Bonchev–Trinajstić information content (AvgIpc) is 2.98. The fourth-order valence-electron chi connectivity index (χ4n) is 3.08. The van der Waals surface area contributed by atoms with Crippen molar-refractivity contribution in [2.45, 2.75) is 12.3 Å². The van der Waals surface area contributed by atoms with Crippen LogP contribution in [0, 0.1) is 0 Å². The van der Waals surface area contributed by atoms with E-state index in [2.05, 4.69) is 40.5 Å². The van der Waals surface area contributed by atoms with Gasteiger partial charge in [0.2, 0.25) is 0 Å². The Kier molecular flexibility index (Phi) is 3.02. The van der Waals surface area contributed by atoms with Crippen molar-refractivity contribution in [1.82, 2.24) is 10.2 Å². The number of halogens is 2. The van der Waals surface area contributed by atoms with Crippen LogP contribution in [0.25, 0.3) is 11.3 Å². The van der Waals surface area contributed by atoms with Crippen molar-refractivity contribution in [2.24, 2.45) is 0 Å². The van der Waals surface area contributed by atoms with Crippen LogP contribution in [-0.2, 0) is 6.42 Å². The maximum atomic E-state index is 6.19. The molecule has 104 valence electrons. The van der Waals surface area contributed by atoms with Gasteiger partial charge in [0.15, 0.2) is 0 Å². The van der Waals surface area contributed by atoms with Crippen LogP contribution in [0.15, 0.2) is 48.7 Å². The Hall–Kier alpha value is -1.77. The first-order chi connectivity index (χ1) is 10.2. The van der Waals surface area contributed by atoms with E-state index in [1.54, 1.807) is 0 Å². The van der Waals surface area contributed by atoms with Gasteiger partial charge in [-0.2, -0.15) is 5.10 Å². The lowest BCUT2D eigenvalue weighted by Gasteiger charge is -2.26. The Balaban J connectivity index is 1.89. The van der Waals surface area contributed by atoms with E-state index in [0.29, 0.717) is 10.0 Å². The van der Waals surface area contributed by atoms with Crippen LogP contribution in [0.1, 0.15) is 22.6 Å². The van der Waals surface area contributed by atoms with Crippen LogP contribution in [0.3, 0.4) is 0 Å².